The summed E-state index contributed by atoms with van der Waals surface area (Å²) in [5, 5.41) is 9.99. The molecule has 1 aromatic carbocycles. The van der Waals surface area contributed by atoms with Crippen LogP contribution in [0, 0.1) is 5.82 Å². The Morgan fingerprint density at radius 1 is 1.09 bits per heavy atom. The van der Waals surface area contributed by atoms with Crippen molar-refractivity contribution in [2.24, 2.45) is 5.10 Å². The second-order valence-electron chi connectivity index (χ2n) is 4.40. The van der Waals surface area contributed by atoms with Crippen molar-refractivity contribution in [1.29, 1.82) is 0 Å². The van der Waals surface area contributed by atoms with E-state index in [1.165, 1.54) is 12.3 Å². The maximum atomic E-state index is 13.6. The number of hydrogen-bond acceptors (Lipinski definition) is 7. The molecule has 2 aromatic rings. The lowest BCUT2D eigenvalue weighted by molar-refractivity contribution is 0.625. The molecule has 0 aliphatic rings. The van der Waals surface area contributed by atoms with Gasteiger partial charge in [-0.05, 0) is 32.0 Å². The van der Waals surface area contributed by atoms with Gasteiger partial charge in [-0.1, -0.05) is 15.9 Å². The molecule has 9 heteroatoms. The second kappa shape index (κ2) is 8.37. The van der Waals surface area contributed by atoms with Crippen LogP contribution in [0.1, 0.15) is 19.4 Å². The molecule has 0 saturated carbocycles. The van der Waals surface area contributed by atoms with Crippen molar-refractivity contribution in [2.75, 3.05) is 29.1 Å². The van der Waals surface area contributed by atoms with Crippen molar-refractivity contribution in [1.82, 2.24) is 15.0 Å². The second-order valence-corrected chi connectivity index (χ2v) is 5.32. The fourth-order valence-corrected chi connectivity index (χ4v) is 2.05. The number of anilines is 3. The molecule has 3 N–H and O–H groups in total. The smallest absolute Gasteiger partial charge is 0.250 e. The summed E-state index contributed by atoms with van der Waals surface area (Å²) >= 11 is 3.29. The Labute approximate surface area is 142 Å². The van der Waals surface area contributed by atoms with Crippen molar-refractivity contribution in [2.45, 2.75) is 13.8 Å². The van der Waals surface area contributed by atoms with Crippen molar-refractivity contribution in [3.05, 3.63) is 34.1 Å². The quantitative estimate of drug-likeness (QED) is 0.504. The van der Waals surface area contributed by atoms with Gasteiger partial charge in [0.05, 0.1) is 6.21 Å². The van der Waals surface area contributed by atoms with Crippen LogP contribution in [0.15, 0.2) is 27.8 Å². The van der Waals surface area contributed by atoms with Gasteiger partial charge in [-0.3, -0.25) is 0 Å². The lowest BCUT2D eigenvalue weighted by Crippen LogP contribution is -2.10. The standard InChI is InChI=1S/C14H17BrFN7/c1-3-17-12-20-13(18-4-2)22-14(21-12)23-19-8-9-7-10(15)5-6-11(9)16/h5-8H,3-4H2,1-2H3,(H3,17,18,20,21,22,23)/b19-8+. The first-order valence-corrected chi connectivity index (χ1v) is 7.89. The summed E-state index contributed by atoms with van der Waals surface area (Å²) in [6, 6.07) is 4.61. The summed E-state index contributed by atoms with van der Waals surface area (Å²) in [6.45, 7) is 5.25. The molecule has 0 aliphatic carbocycles. The van der Waals surface area contributed by atoms with Crippen LogP contribution in [0.3, 0.4) is 0 Å². The van der Waals surface area contributed by atoms with Gasteiger partial charge >= 0.3 is 0 Å². The van der Waals surface area contributed by atoms with Crippen LogP contribution in [0.5, 0.6) is 0 Å². The highest BCUT2D eigenvalue weighted by molar-refractivity contribution is 9.10. The Balaban J connectivity index is 2.15. The van der Waals surface area contributed by atoms with Crippen molar-refractivity contribution in [3.63, 3.8) is 0 Å². The third-order valence-electron chi connectivity index (χ3n) is 2.63. The Hall–Kier alpha value is -2.29. The van der Waals surface area contributed by atoms with Crippen LogP contribution in [0.2, 0.25) is 0 Å². The Bertz CT molecular complexity index is 669. The van der Waals surface area contributed by atoms with Crippen LogP contribution < -0.4 is 16.1 Å². The fourth-order valence-electron chi connectivity index (χ4n) is 1.67. The number of benzene rings is 1. The fraction of sp³-hybridized carbons (Fsp3) is 0.286. The van der Waals surface area contributed by atoms with Gasteiger partial charge in [0, 0.05) is 23.1 Å². The minimum absolute atomic E-state index is 0.263. The summed E-state index contributed by atoms with van der Waals surface area (Å²) in [5.74, 6) is 0.768. The first kappa shape index (κ1) is 17.1. The van der Waals surface area contributed by atoms with E-state index < -0.39 is 0 Å². The molecule has 122 valence electrons. The van der Waals surface area contributed by atoms with E-state index in [0.717, 1.165) is 4.47 Å². The Kier molecular flexibility index (Phi) is 6.21. The molecular weight excluding hydrogens is 365 g/mol. The van der Waals surface area contributed by atoms with Crippen LogP contribution in [0.25, 0.3) is 0 Å². The Morgan fingerprint density at radius 3 is 2.30 bits per heavy atom. The summed E-state index contributed by atoms with van der Waals surface area (Å²) in [6.07, 6.45) is 1.36. The van der Waals surface area contributed by atoms with E-state index in [-0.39, 0.29) is 11.8 Å². The van der Waals surface area contributed by atoms with Crippen LogP contribution >= 0.6 is 15.9 Å². The average molecular weight is 382 g/mol. The number of nitrogens with one attached hydrogen (secondary N) is 3. The summed E-state index contributed by atoms with van der Waals surface area (Å²) in [7, 11) is 0. The third-order valence-corrected chi connectivity index (χ3v) is 3.12. The summed E-state index contributed by atoms with van der Waals surface area (Å²) < 4.78 is 14.4. The number of rotatable bonds is 7. The van der Waals surface area contributed by atoms with Gasteiger partial charge in [-0.2, -0.15) is 20.1 Å². The SMILES string of the molecule is CCNc1nc(NCC)nc(N/N=C/c2cc(Br)ccc2F)n1. The van der Waals surface area contributed by atoms with E-state index in [4.69, 9.17) is 0 Å². The molecule has 0 aliphatic heterocycles. The molecule has 0 bridgehead atoms. The largest absolute Gasteiger partial charge is 0.354 e. The lowest BCUT2D eigenvalue weighted by atomic mass is 10.2. The van der Waals surface area contributed by atoms with Crippen molar-refractivity contribution < 1.29 is 4.39 Å². The predicted molar refractivity (Wildman–Crippen MR) is 93.5 cm³/mol. The first-order chi connectivity index (χ1) is 11.1. The maximum absolute atomic E-state index is 13.6. The highest BCUT2D eigenvalue weighted by Gasteiger charge is 2.05. The van der Waals surface area contributed by atoms with Gasteiger partial charge in [0.15, 0.2) is 0 Å². The minimum Gasteiger partial charge on any atom is -0.354 e. The first-order valence-electron chi connectivity index (χ1n) is 7.10. The molecule has 0 radical (unpaired) electrons. The molecule has 0 spiro atoms. The van der Waals surface area contributed by atoms with E-state index in [1.54, 1.807) is 12.1 Å². The molecule has 0 unspecified atom stereocenters. The highest BCUT2D eigenvalue weighted by atomic mass is 79.9. The topological polar surface area (TPSA) is 87.1 Å². The summed E-state index contributed by atoms with van der Waals surface area (Å²) in [4.78, 5) is 12.6. The molecule has 23 heavy (non-hydrogen) atoms. The third kappa shape index (κ3) is 5.13. The number of aromatic nitrogens is 3. The molecule has 1 heterocycles. The van der Waals surface area contributed by atoms with Crippen LogP contribution in [-0.4, -0.2) is 34.3 Å². The van der Waals surface area contributed by atoms with Gasteiger partial charge in [0.1, 0.15) is 5.82 Å². The van der Waals surface area contributed by atoms with E-state index in [2.05, 4.69) is 52.0 Å². The van der Waals surface area contributed by atoms with Crippen LogP contribution in [-0.2, 0) is 0 Å². The van der Waals surface area contributed by atoms with Gasteiger partial charge in [0.2, 0.25) is 17.8 Å². The van der Waals surface area contributed by atoms with E-state index in [0.29, 0.717) is 30.5 Å². The van der Waals surface area contributed by atoms with Gasteiger partial charge in [-0.25, -0.2) is 9.82 Å². The van der Waals surface area contributed by atoms with Crippen molar-refractivity contribution >= 4 is 40.0 Å². The molecule has 1 aromatic heterocycles. The molecule has 0 amide bonds. The predicted octanol–water partition coefficient (Wildman–Crippen LogP) is 3.08. The monoisotopic (exact) mass is 381 g/mol. The number of hydrogen-bond donors (Lipinski definition) is 3. The van der Waals surface area contributed by atoms with Gasteiger partial charge in [0.25, 0.3) is 0 Å². The van der Waals surface area contributed by atoms with E-state index in [9.17, 15) is 4.39 Å². The number of hydrazone groups is 1. The highest BCUT2D eigenvalue weighted by Crippen LogP contribution is 2.14. The molecule has 2 rings (SSSR count). The lowest BCUT2D eigenvalue weighted by Gasteiger charge is -2.07. The van der Waals surface area contributed by atoms with Gasteiger partial charge < -0.3 is 10.6 Å². The van der Waals surface area contributed by atoms with E-state index in [1.807, 2.05) is 13.8 Å². The molecule has 0 fully saturated rings. The minimum atomic E-state index is -0.365. The zero-order valence-corrected chi connectivity index (χ0v) is 14.4. The van der Waals surface area contributed by atoms with Crippen molar-refractivity contribution in [3.8, 4) is 0 Å². The Morgan fingerprint density at radius 2 is 1.70 bits per heavy atom. The zero-order valence-electron chi connectivity index (χ0n) is 12.8. The molecule has 0 saturated heterocycles. The zero-order chi connectivity index (χ0) is 16.7. The molecule has 7 nitrogen and oxygen atoms in total. The average Bonchev–Trinajstić information content (AvgIpc) is 2.51. The molecule has 0 atom stereocenters. The van der Waals surface area contributed by atoms with Crippen LogP contribution in [0.4, 0.5) is 22.2 Å². The molecular formula is C14H17BrFN7. The normalized spacial score (nSPS) is 10.8. The van der Waals surface area contributed by atoms with E-state index >= 15 is 0 Å². The number of nitrogens with zero attached hydrogens (tertiary/aromatic N) is 4. The number of halogens is 2. The van der Waals surface area contributed by atoms with Gasteiger partial charge in [-0.15, -0.1) is 0 Å². The maximum Gasteiger partial charge on any atom is 0.250 e. The summed E-state index contributed by atoms with van der Waals surface area (Å²) in [5.41, 5.74) is 3.03.